The number of aromatic hydroxyl groups is 1. The second-order valence-corrected chi connectivity index (χ2v) is 8.79. The monoisotopic (exact) mass is 350 g/mol. The number of rotatable bonds is 3. The number of benzene rings is 2. The van der Waals surface area contributed by atoms with E-state index in [9.17, 15) is 14.3 Å². The van der Waals surface area contributed by atoms with Crippen LogP contribution < -0.4 is 0 Å². The van der Waals surface area contributed by atoms with Gasteiger partial charge >= 0.3 is 0 Å². The molecular formula is C23H23FO2. The van der Waals surface area contributed by atoms with Crippen LogP contribution in [0.2, 0.25) is 0 Å². The number of halogens is 1. The first-order chi connectivity index (χ1) is 12.6. The molecule has 0 amide bonds. The van der Waals surface area contributed by atoms with E-state index in [1.165, 1.54) is 25.3 Å². The van der Waals surface area contributed by atoms with Crippen LogP contribution in [0.3, 0.4) is 0 Å². The molecule has 2 aromatic rings. The number of phenolic OH excluding ortho intramolecular Hbond substituents is 1. The minimum absolute atomic E-state index is 0.0571. The van der Waals surface area contributed by atoms with E-state index in [2.05, 4.69) is 0 Å². The maximum atomic E-state index is 14.6. The van der Waals surface area contributed by atoms with Gasteiger partial charge in [-0.05, 0) is 85.0 Å². The third-order valence-electron chi connectivity index (χ3n) is 7.05. The van der Waals surface area contributed by atoms with Gasteiger partial charge in [0.25, 0.3) is 0 Å². The number of carbonyl (C=O) groups excluding carboxylic acids is 1. The standard InChI is InChI=1S/C23H23FO2/c24-21-9-19(18-3-1-14(13-25)2-4-18)8-20(22(21)26)23-10-15-5-16(11-23)7-17(6-15)12-23/h1-4,8-9,13,15-17,26H,5-7,10-12H2. The molecule has 0 atom stereocenters. The van der Waals surface area contributed by atoms with Gasteiger partial charge in [-0.25, -0.2) is 4.39 Å². The molecule has 4 bridgehead atoms. The fourth-order valence-corrected chi connectivity index (χ4v) is 6.36. The minimum atomic E-state index is -0.535. The van der Waals surface area contributed by atoms with Gasteiger partial charge in [-0.2, -0.15) is 0 Å². The second-order valence-electron chi connectivity index (χ2n) is 8.79. The zero-order valence-electron chi connectivity index (χ0n) is 14.7. The fourth-order valence-electron chi connectivity index (χ4n) is 6.36. The van der Waals surface area contributed by atoms with E-state index in [-0.39, 0.29) is 11.2 Å². The van der Waals surface area contributed by atoms with E-state index in [4.69, 9.17) is 0 Å². The van der Waals surface area contributed by atoms with E-state index in [0.717, 1.165) is 60.0 Å². The Morgan fingerprint density at radius 2 is 1.50 bits per heavy atom. The molecule has 3 heteroatoms. The molecule has 0 radical (unpaired) electrons. The molecule has 4 saturated carbocycles. The molecular weight excluding hydrogens is 327 g/mol. The van der Waals surface area contributed by atoms with Gasteiger partial charge in [0.15, 0.2) is 11.6 Å². The SMILES string of the molecule is O=Cc1ccc(-c2cc(F)c(O)c(C34CC5CC(CC(C5)C3)C4)c2)cc1. The van der Waals surface area contributed by atoms with Crippen LogP contribution in [0.5, 0.6) is 5.75 Å². The normalized spacial score (nSPS) is 32.0. The van der Waals surface area contributed by atoms with Crippen molar-refractivity contribution in [2.75, 3.05) is 0 Å². The van der Waals surface area contributed by atoms with Crippen LogP contribution >= 0.6 is 0 Å². The minimum Gasteiger partial charge on any atom is -0.505 e. The molecule has 4 aliphatic carbocycles. The van der Waals surface area contributed by atoms with Crippen LogP contribution in [-0.2, 0) is 5.41 Å². The predicted octanol–water partition coefficient (Wildman–Crippen LogP) is 5.48. The Labute approximate surface area is 153 Å². The van der Waals surface area contributed by atoms with E-state index in [1.807, 2.05) is 18.2 Å². The Morgan fingerprint density at radius 1 is 0.923 bits per heavy atom. The molecule has 0 unspecified atom stereocenters. The molecule has 0 spiro atoms. The average Bonchev–Trinajstić information content (AvgIpc) is 2.62. The summed E-state index contributed by atoms with van der Waals surface area (Å²) in [7, 11) is 0. The summed E-state index contributed by atoms with van der Waals surface area (Å²) >= 11 is 0. The summed E-state index contributed by atoms with van der Waals surface area (Å²) in [5.41, 5.74) is 3.02. The van der Waals surface area contributed by atoms with Crippen molar-refractivity contribution in [3.63, 3.8) is 0 Å². The lowest BCUT2D eigenvalue weighted by Crippen LogP contribution is -2.48. The third-order valence-corrected chi connectivity index (χ3v) is 7.05. The smallest absolute Gasteiger partial charge is 0.165 e. The lowest BCUT2D eigenvalue weighted by atomic mass is 9.48. The van der Waals surface area contributed by atoms with E-state index in [0.29, 0.717) is 5.56 Å². The van der Waals surface area contributed by atoms with Crippen LogP contribution in [0.25, 0.3) is 11.1 Å². The van der Waals surface area contributed by atoms with Crippen LogP contribution in [0, 0.1) is 23.6 Å². The largest absolute Gasteiger partial charge is 0.505 e. The van der Waals surface area contributed by atoms with Gasteiger partial charge in [0, 0.05) is 11.1 Å². The Bertz CT molecular complexity index is 833. The molecule has 2 nitrogen and oxygen atoms in total. The number of hydrogen-bond acceptors (Lipinski definition) is 2. The maximum absolute atomic E-state index is 14.6. The van der Waals surface area contributed by atoms with Crippen molar-refractivity contribution in [2.45, 2.75) is 43.9 Å². The summed E-state index contributed by atoms with van der Waals surface area (Å²) in [4.78, 5) is 10.9. The summed E-state index contributed by atoms with van der Waals surface area (Å²) in [6.07, 6.45) is 8.00. The Hall–Kier alpha value is -2.16. The molecule has 1 N–H and O–H groups in total. The van der Waals surface area contributed by atoms with E-state index >= 15 is 0 Å². The van der Waals surface area contributed by atoms with Gasteiger partial charge in [0.2, 0.25) is 0 Å². The zero-order chi connectivity index (χ0) is 17.9. The lowest BCUT2D eigenvalue weighted by Gasteiger charge is -2.57. The van der Waals surface area contributed by atoms with E-state index in [1.54, 1.807) is 12.1 Å². The number of hydrogen-bond donors (Lipinski definition) is 1. The van der Waals surface area contributed by atoms with Gasteiger partial charge in [0.05, 0.1) is 0 Å². The summed E-state index contributed by atoms with van der Waals surface area (Å²) in [6, 6.07) is 10.6. The topological polar surface area (TPSA) is 37.3 Å². The van der Waals surface area contributed by atoms with Crippen molar-refractivity contribution in [1.29, 1.82) is 0 Å². The molecule has 0 saturated heterocycles. The summed E-state index contributed by atoms with van der Waals surface area (Å²) < 4.78 is 14.6. The molecule has 0 heterocycles. The molecule has 0 aliphatic heterocycles. The highest BCUT2D eigenvalue weighted by Gasteiger charge is 2.52. The maximum Gasteiger partial charge on any atom is 0.165 e. The third kappa shape index (κ3) is 2.40. The molecule has 2 aromatic carbocycles. The van der Waals surface area contributed by atoms with Crippen molar-refractivity contribution in [2.24, 2.45) is 17.8 Å². The molecule has 4 aliphatic rings. The number of aldehydes is 1. The Morgan fingerprint density at radius 3 is 2.04 bits per heavy atom. The molecule has 6 rings (SSSR count). The summed E-state index contributed by atoms with van der Waals surface area (Å²) in [6.45, 7) is 0. The van der Waals surface area contributed by atoms with Gasteiger partial charge in [-0.3, -0.25) is 4.79 Å². The van der Waals surface area contributed by atoms with Crippen molar-refractivity contribution >= 4 is 6.29 Å². The molecule has 0 aromatic heterocycles. The molecule has 26 heavy (non-hydrogen) atoms. The van der Waals surface area contributed by atoms with Crippen molar-refractivity contribution in [3.8, 4) is 16.9 Å². The first kappa shape index (κ1) is 16.0. The molecule has 4 fully saturated rings. The van der Waals surface area contributed by atoms with Crippen LogP contribution in [-0.4, -0.2) is 11.4 Å². The highest BCUT2D eigenvalue weighted by molar-refractivity contribution is 5.77. The second kappa shape index (κ2) is 5.67. The highest BCUT2D eigenvalue weighted by atomic mass is 19.1. The first-order valence-corrected chi connectivity index (χ1v) is 9.65. The van der Waals surface area contributed by atoms with Crippen molar-refractivity contribution < 1.29 is 14.3 Å². The average molecular weight is 350 g/mol. The summed E-state index contributed by atoms with van der Waals surface area (Å²) in [5, 5.41) is 10.6. The predicted molar refractivity (Wildman–Crippen MR) is 98.7 cm³/mol. The van der Waals surface area contributed by atoms with Gasteiger partial charge < -0.3 is 5.11 Å². The fraction of sp³-hybridized carbons (Fsp3) is 0.435. The quantitative estimate of drug-likeness (QED) is 0.744. The van der Waals surface area contributed by atoms with Crippen LogP contribution in [0.4, 0.5) is 4.39 Å². The van der Waals surface area contributed by atoms with Gasteiger partial charge in [0.1, 0.15) is 6.29 Å². The van der Waals surface area contributed by atoms with Gasteiger partial charge in [-0.15, -0.1) is 0 Å². The van der Waals surface area contributed by atoms with Crippen LogP contribution in [0.15, 0.2) is 36.4 Å². The first-order valence-electron chi connectivity index (χ1n) is 9.65. The highest BCUT2D eigenvalue weighted by Crippen LogP contribution is 2.62. The Kier molecular flexibility index (Phi) is 3.50. The van der Waals surface area contributed by atoms with Crippen LogP contribution in [0.1, 0.15) is 54.4 Å². The van der Waals surface area contributed by atoms with Crippen molar-refractivity contribution in [3.05, 3.63) is 53.3 Å². The van der Waals surface area contributed by atoms with Gasteiger partial charge in [-0.1, -0.05) is 24.3 Å². The molecule has 134 valence electrons. The van der Waals surface area contributed by atoms with E-state index < -0.39 is 5.82 Å². The summed E-state index contributed by atoms with van der Waals surface area (Å²) in [5.74, 6) is 1.52. The lowest BCUT2D eigenvalue weighted by molar-refractivity contribution is -0.00632. The zero-order valence-corrected chi connectivity index (χ0v) is 14.7. The number of phenols is 1. The van der Waals surface area contributed by atoms with Crippen molar-refractivity contribution in [1.82, 2.24) is 0 Å². The Balaban J connectivity index is 1.60. The number of carbonyl (C=O) groups is 1.